The van der Waals surface area contributed by atoms with E-state index in [4.69, 9.17) is 5.73 Å². The average molecular weight is 306 g/mol. The van der Waals surface area contributed by atoms with E-state index in [1.54, 1.807) is 30.3 Å². The molecule has 0 saturated heterocycles. The van der Waals surface area contributed by atoms with Gasteiger partial charge in [-0.25, -0.2) is 0 Å². The molecule has 5 nitrogen and oxygen atoms in total. The number of nitrogens with two attached hydrogens (primary N) is 1. The second kappa shape index (κ2) is 6.36. The number of phenolic OH excluding ortho intramolecular Hbond substituents is 1. The SMILES string of the molecule is CCNc1ccc2ccc(O)c(N=Nc3ccc(N)cc3)c2c1. The van der Waals surface area contributed by atoms with Gasteiger partial charge in [-0.3, -0.25) is 0 Å². The summed E-state index contributed by atoms with van der Waals surface area (Å²) in [7, 11) is 0. The van der Waals surface area contributed by atoms with Crippen LogP contribution >= 0.6 is 0 Å². The van der Waals surface area contributed by atoms with Crippen LogP contribution in [0.1, 0.15) is 6.92 Å². The molecule has 0 aromatic heterocycles. The lowest BCUT2D eigenvalue weighted by molar-refractivity contribution is 0.477. The third kappa shape index (κ3) is 3.23. The lowest BCUT2D eigenvalue weighted by Crippen LogP contribution is -1.95. The first-order valence-corrected chi connectivity index (χ1v) is 7.44. The minimum atomic E-state index is 0.102. The fourth-order valence-corrected chi connectivity index (χ4v) is 2.36. The molecule has 3 rings (SSSR count). The van der Waals surface area contributed by atoms with E-state index < -0.39 is 0 Å². The van der Waals surface area contributed by atoms with Crippen molar-refractivity contribution >= 4 is 33.5 Å². The maximum Gasteiger partial charge on any atom is 0.143 e. The second-order valence-electron chi connectivity index (χ2n) is 5.19. The number of nitrogens with one attached hydrogen (secondary N) is 1. The number of nitrogens with zero attached hydrogens (tertiary/aromatic N) is 2. The fourth-order valence-electron chi connectivity index (χ4n) is 2.36. The highest BCUT2D eigenvalue weighted by Crippen LogP contribution is 2.37. The Hall–Kier alpha value is -3.08. The highest BCUT2D eigenvalue weighted by atomic mass is 16.3. The van der Waals surface area contributed by atoms with Crippen molar-refractivity contribution in [3.8, 4) is 5.75 Å². The van der Waals surface area contributed by atoms with Gasteiger partial charge in [0.1, 0.15) is 11.4 Å². The molecule has 0 saturated carbocycles. The van der Waals surface area contributed by atoms with Crippen LogP contribution in [0.4, 0.5) is 22.7 Å². The van der Waals surface area contributed by atoms with Gasteiger partial charge in [0.15, 0.2) is 0 Å². The van der Waals surface area contributed by atoms with E-state index in [0.717, 1.165) is 23.0 Å². The van der Waals surface area contributed by atoms with Crippen LogP contribution in [0, 0.1) is 0 Å². The zero-order chi connectivity index (χ0) is 16.2. The number of rotatable bonds is 4. The first-order chi connectivity index (χ1) is 11.2. The Morgan fingerprint density at radius 3 is 2.48 bits per heavy atom. The van der Waals surface area contributed by atoms with Crippen LogP contribution in [0.5, 0.6) is 5.75 Å². The molecule has 3 aromatic rings. The minimum Gasteiger partial charge on any atom is -0.506 e. The molecule has 0 unspecified atom stereocenters. The molecule has 0 radical (unpaired) electrons. The van der Waals surface area contributed by atoms with Crippen molar-refractivity contribution in [3.05, 3.63) is 54.6 Å². The highest BCUT2D eigenvalue weighted by molar-refractivity contribution is 5.97. The van der Waals surface area contributed by atoms with Crippen molar-refractivity contribution in [1.82, 2.24) is 0 Å². The van der Waals surface area contributed by atoms with Crippen LogP contribution in [-0.2, 0) is 0 Å². The van der Waals surface area contributed by atoms with E-state index in [1.165, 1.54) is 0 Å². The summed E-state index contributed by atoms with van der Waals surface area (Å²) < 4.78 is 0. The molecule has 0 spiro atoms. The first kappa shape index (κ1) is 14.8. The summed E-state index contributed by atoms with van der Waals surface area (Å²) in [5.74, 6) is 0.102. The number of fused-ring (bicyclic) bond motifs is 1. The second-order valence-corrected chi connectivity index (χ2v) is 5.19. The Morgan fingerprint density at radius 1 is 1.00 bits per heavy atom. The van der Waals surface area contributed by atoms with E-state index in [1.807, 2.05) is 31.2 Å². The minimum absolute atomic E-state index is 0.102. The molecule has 116 valence electrons. The quantitative estimate of drug-likeness (QED) is 0.470. The molecule has 0 heterocycles. The molecule has 0 amide bonds. The molecule has 5 heteroatoms. The Bertz CT molecular complexity index is 857. The zero-order valence-corrected chi connectivity index (χ0v) is 12.8. The predicted molar refractivity (Wildman–Crippen MR) is 94.8 cm³/mol. The van der Waals surface area contributed by atoms with Gasteiger partial charge < -0.3 is 16.2 Å². The highest BCUT2D eigenvalue weighted by Gasteiger charge is 2.07. The standard InChI is InChI=1S/C18H18N4O/c1-2-20-15-7-3-12-4-10-17(23)18(16(12)11-15)22-21-14-8-5-13(19)6-9-14/h3-11,20,23H,2,19H2,1H3. The Kier molecular flexibility index (Phi) is 4.10. The third-order valence-corrected chi connectivity index (χ3v) is 3.51. The van der Waals surface area contributed by atoms with Crippen LogP contribution in [0.25, 0.3) is 10.8 Å². The van der Waals surface area contributed by atoms with E-state index in [0.29, 0.717) is 17.1 Å². The molecule has 0 aliphatic carbocycles. The summed E-state index contributed by atoms with van der Waals surface area (Å²) in [5, 5.41) is 23.7. The lowest BCUT2D eigenvalue weighted by Gasteiger charge is -2.08. The van der Waals surface area contributed by atoms with E-state index >= 15 is 0 Å². The molecular formula is C18H18N4O. The van der Waals surface area contributed by atoms with Gasteiger partial charge in [-0.2, -0.15) is 5.11 Å². The molecule has 0 bridgehead atoms. The van der Waals surface area contributed by atoms with Crippen molar-refractivity contribution in [2.24, 2.45) is 10.2 Å². The Labute approximate surface area is 134 Å². The number of aromatic hydroxyl groups is 1. The van der Waals surface area contributed by atoms with Crippen LogP contribution in [0.2, 0.25) is 0 Å². The Balaban J connectivity index is 2.05. The van der Waals surface area contributed by atoms with Crippen LogP contribution in [0.15, 0.2) is 64.8 Å². The van der Waals surface area contributed by atoms with E-state index in [-0.39, 0.29) is 5.75 Å². The van der Waals surface area contributed by atoms with Gasteiger partial charge in [0.05, 0.1) is 5.69 Å². The summed E-state index contributed by atoms with van der Waals surface area (Å²) in [5.41, 5.74) is 8.45. The number of hydrogen-bond donors (Lipinski definition) is 3. The van der Waals surface area contributed by atoms with Crippen LogP contribution in [0.3, 0.4) is 0 Å². The summed E-state index contributed by atoms with van der Waals surface area (Å²) in [6.45, 7) is 2.86. The molecular weight excluding hydrogens is 288 g/mol. The first-order valence-electron chi connectivity index (χ1n) is 7.44. The monoisotopic (exact) mass is 306 g/mol. The lowest BCUT2D eigenvalue weighted by atomic mass is 10.1. The van der Waals surface area contributed by atoms with Crippen molar-refractivity contribution in [2.75, 3.05) is 17.6 Å². The predicted octanol–water partition coefficient (Wildman–Crippen LogP) is 4.97. The van der Waals surface area contributed by atoms with Gasteiger partial charge in [0, 0.05) is 23.3 Å². The molecule has 4 N–H and O–H groups in total. The van der Waals surface area contributed by atoms with Gasteiger partial charge >= 0.3 is 0 Å². The number of phenols is 1. The van der Waals surface area contributed by atoms with Crippen molar-refractivity contribution in [2.45, 2.75) is 6.92 Å². The number of benzene rings is 3. The number of nitrogen functional groups attached to an aromatic ring is 1. The van der Waals surface area contributed by atoms with Crippen LogP contribution < -0.4 is 11.1 Å². The maximum absolute atomic E-state index is 10.2. The van der Waals surface area contributed by atoms with Gasteiger partial charge in [0.2, 0.25) is 0 Å². The number of hydrogen-bond acceptors (Lipinski definition) is 5. The third-order valence-electron chi connectivity index (χ3n) is 3.51. The summed E-state index contributed by atoms with van der Waals surface area (Å²) in [6, 6.07) is 16.6. The molecule has 0 atom stereocenters. The molecule has 0 aliphatic rings. The number of anilines is 2. The molecule has 23 heavy (non-hydrogen) atoms. The summed E-state index contributed by atoms with van der Waals surface area (Å²) >= 11 is 0. The number of azo groups is 1. The van der Waals surface area contributed by atoms with Crippen LogP contribution in [-0.4, -0.2) is 11.7 Å². The molecule has 0 aliphatic heterocycles. The van der Waals surface area contributed by atoms with Gasteiger partial charge in [-0.1, -0.05) is 12.1 Å². The maximum atomic E-state index is 10.2. The van der Waals surface area contributed by atoms with Gasteiger partial charge in [0.25, 0.3) is 0 Å². The average Bonchev–Trinajstić information content (AvgIpc) is 2.56. The molecule has 0 fully saturated rings. The Morgan fingerprint density at radius 2 is 1.74 bits per heavy atom. The summed E-state index contributed by atoms with van der Waals surface area (Å²) in [4.78, 5) is 0. The van der Waals surface area contributed by atoms with E-state index in [2.05, 4.69) is 15.5 Å². The topological polar surface area (TPSA) is 83.0 Å². The summed E-state index contributed by atoms with van der Waals surface area (Å²) in [6.07, 6.45) is 0. The van der Waals surface area contributed by atoms with Crippen molar-refractivity contribution in [3.63, 3.8) is 0 Å². The van der Waals surface area contributed by atoms with E-state index in [9.17, 15) is 5.11 Å². The van der Waals surface area contributed by atoms with Gasteiger partial charge in [-0.05, 0) is 54.8 Å². The van der Waals surface area contributed by atoms with Crippen molar-refractivity contribution < 1.29 is 5.11 Å². The van der Waals surface area contributed by atoms with Crippen molar-refractivity contribution in [1.29, 1.82) is 0 Å². The van der Waals surface area contributed by atoms with Gasteiger partial charge in [-0.15, -0.1) is 5.11 Å². The molecule has 3 aromatic carbocycles. The fraction of sp³-hybridized carbons (Fsp3) is 0.111. The normalized spacial score (nSPS) is 11.2. The largest absolute Gasteiger partial charge is 0.506 e. The smallest absolute Gasteiger partial charge is 0.143 e. The zero-order valence-electron chi connectivity index (χ0n) is 12.8.